The van der Waals surface area contributed by atoms with Crippen LogP contribution in [0.1, 0.15) is 16.7 Å². The van der Waals surface area contributed by atoms with Crippen LogP contribution in [-0.2, 0) is 0 Å². The zero-order valence-electron chi connectivity index (χ0n) is 29.5. The summed E-state index contributed by atoms with van der Waals surface area (Å²) in [7, 11) is 0. The van der Waals surface area contributed by atoms with E-state index in [0.717, 1.165) is 55.7 Å². The first-order valence-electron chi connectivity index (χ1n) is 17.9. The first kappa shape index (κ1) is 30.2. The maximum Gasteiger partial charge on any atom is 0.147 e. The van der Waals surface area contributed by atoms with Gasteiger partial charge in [-0.25, -0.2) is 9.97 Å². The molecule has 7 heteroatoms. The number of imidazole rings is 1. The number of anilines is 4. The third-order valence-electron chi connectivity index (χ3n) is 10.7. The number of pyridine rings is 2. The predicted octanol–water partition coefficient (Wildman–Crippen LogP) is 12.5. The molecular weight excluding hydrogens is 671 g/mol. The number of ether oxygens (including phenoxy) is 1. The van der Waals surface area contributed by atoms with E-state index in [9.17, 15) is 0 Å². The Hall–Kier alpha value is -6.44. The molecule has 4 aromatic heterocycles. The number of fused-ring (bicyclic) bond motifs is 12. The summed E-state index contributed by atoms with van der Waals surface area (Å²) in [4.78, 5) is 14.8. The third-order valence-corrected chi connectivity index (χ3v) is 11.8. The van der Waals surface area contributed by atoms with Gasteiger partial charge in [0, 0.05) is 48.9 Å². The zero-order valence-corrected chi connectivity index (χ0v) is 30.3. The van der Waals surface area contributed by atoms with Gasteiger partial charge >= 0.3 is 0 Å². The summed E-state index contributed by atoms with van der Waals surface area (Å²) >= 11 is 1.81. The molecule has 1 aliphatic rings. The molecule has 1 aliphatic heterocycles. The van der Waals surface area contributed by atoms with Gasteiger partial charge in [0.15, 0.2) is 0 Å². The second-order valence-corrected chi connectivity index (χ2v) is 15.2. The smallest absolute Gasteiger partial charge is 0.147 e. The Morgan fingerprint density at radius 2 is 1.34 bits per heavy atom. The van der Waals surface area contributed by atoms with Crippen LogP contribution in [0.15, 0.2) is 134 Å². The van der Waals surface area contributed by atoms with E-state index in [0.29, 0.717) is 6.67 Å². The van der Waals surface area contributed by atoms with Crippen LogP contribution in [0.25, 0.3) is 58.7 Å². The fraction of sp³-hybridized carbons (Fsp3) is 0.0870. The molecule has 0 atom stereocenters. The highest BCUT2D eigenvalue weighted by atomic mass is 32.1. The van der Waals surface area contributed by atoms with Crippen molar-refractivity contribution in [3.63, 3.8) is 0 Å². The molecule has 0 bridgehead atoms. The van der Waals surface area contributed by atoms with Gasteiger partial charge in [0.25, 0.3) is 0 Å². The summed E-state index contributed by atoms with van der Waals surface area (Å²) in [5.74, 6) is 1.56. The van der Waals surface area contributed by atoms with Gasteiger partial charge in [-0.1, -0.05) is 60.2 Å². The monoisotopic (exact) mass is 703 g/mol. The average molecular weight is 704 g/mol. The summed E-state index contributed by atoms with van der Waals surface area (Å²) in [6, 6.07) is 45.2. The number of benzene rings is 6. The first-order valence-corrected chi connectivity index (χ1v) is 18.7. The van der Waals surface area contributed by atoms with Crippen LogP contribution >= 0.6 is 11.3 Å². The molecule has 0 saturated carbocycles. The predicted molar refractivity (Wildman–Crippen MR) is 221 cm³/mol. The Morgan fingerprint density at radius 3 is 2.21 bits per heavy atom. The lowest BCUT2D eigenvalue weighted by molar-refractivity contribution is 0.484. The standard InChI is InChI=1S/C46H33N5OS/c1-27-21-28(2)44(29(3)22-27)50-26-49(38-15-7-8-16-39(38)50)40-24-31(25-42-43(40)34-11-4-9-17-41(34)53-42)52-30-18-19-32-33-12-10-20-47-45(33)51-37-14-6-5-13-36(37)48-46(51)35(32)23-30/h4-25H,26H2,1-3H3. The quantitative estimate of drug-likeness (QED) is 0.171. The molecule has 254 valence electrons. The number of rotatable bonds is 4. The minimum atomic E-state index is 0.690. The molecular formula is C46H33N5OS. The molecule has 0 radical (unpaired) electrons. The summed E-state index contributed by atoms with van der Waals surface area (Å²) in [5, 5.41) is 5.70. The Balaban J connectivity index is 1.09. The van der Waals surface area contributed by atoms with Gasteiger partial charge in [-0.2, -0.15) is 0 Å². The van der Waals surface area contributed by atoms with Crippen LogP contribution in [-0.4, -0.2) is 21.0 Å². The Bertz CT molecular complexity index is 3120. The van der Waals surface area contributed by atoms with E-state index >= 15 is 0 Å². The highest BCUT2D eigenvalue weighted by Crippen LogP contribution is 2.51. The van der Waals surface area contributed by atoms with E-state index in [-0.39, 0.29) is 0 Å². The topological polar surface area (TPSA) is 45.9 Å². The van der Waals surface area contributed by atoms with E-state index in [1.807, 2.05) is 29.7 Å². The first-order chi connectivity index (χ1) is 26.0. The highest BCUT2D eigenvalue weighted by Gasteiger charge is 2.31. The molecule has 10 aromatic rings. The van der Waals surface area contributed by atoms with E-state index in [2.05, 4.69) is 150 Å². The van der Waals surface area contributed by atoms with Gasteiger partial charge in [-0.05, 0) is 104 Å². The normalized spacial score (nSPS) is 13.0. The zero-order chi connectivity index (χ0) is 35.4. The summed E-state index contributed by atoms with van der Waals surface area (Å²) < 4.78 is 11.5. The van der Waals surface area contributed by atoms with Crippen LogP contribution in [0.2, 0.25) is 0 Å². The maximum atomic E-state index is 6.89. The van der Waals surface area contributed by atoms with Gasteiger partial charge in [-0.15, -0.1) is 11.3 Å². The van der Waals surface area contributed by atoms with Crippen LogP contribution in [0.3, 0.4) is 0 Å². The van der Waals surface area contributed by atoms with Gasteiger partial charge in [0.1, 0.15) is 29.5 Å². The SMILES string of the molecule is Cc1cc(C)c(N2CN(c3cc(Oc4ccc5c6cccnc6n6c7ccccc7nc6c5c4)cc4sc5ccccc5c34)c3ccccc32)c(C)c1. The van der Waals surface area contributed by atoms with Crippen molar-refractivity contribution in [2.75, 3.05) is 16.5 Å². The molecule has 5 heterocycles. The largest absolute Gasteiger partial charge is 0.457 e. The van der Waals surface area contributed by atoms with Crippen LogP contribution < -0.4 is 14.5 Å². The Morgan fingerprint density at radius 1 is 0.585 bits per heavy atom. The summed E-state index contributed by atoms with van der Waals surface area (Å²) in [6.45, 7) is 7.31. The third kappa shape index (κ3) is 4.50. The fourth-order valence-electron chi connectivity index (χ4n) is 8.64. The van der Waals surface area contributed by atoms with Gasteiger partial charge < -0.3 is 14.5 Å². The fourth-order valence-corrected chi connectivity index (χ4v) is 9.79. The molecule has 0 saturated heterocycles. The lowest BCUT2D eigenvalue weighted by Crippen LogP contribution is -2.25. The molecule has 0 aliphatic carbocycles. The van der Waals surface area contributed by atoms with Gasteiger partial charge in [0.05, 0.1) is 28.1 Å². The lowest BCUT2D eigenvalue weighted by atomic mass is 10.0. The van der Waals surface area contributed by atoms with Crippen LogP contribution in [0, 0.1) is 20.8 Å². The van der Waals surface area contributed by atoms with Crippen LogP contribution in [0.5, 0.6) is 11.5 Å². The molecule has 11 rings (SSSR count). The number of thiophene rings is 1. The molecule has 6 nitrogen and oxygen atoms in total. The van der Waals surface area contributed by atoms with E-state index in [1.54, 1.807) is 0 Å². The van der Waals surface area contributed by atoms with Crippen molar-refractivity contribution in [1.82, 2.24) is 14.4 Å². The number of aryl methyl sites for hydroxylation is 3. The van der Waals surface area contributed by atoms with Gasteiger partial charge in [0.2, 0.25) is 0 Å². The number of hydrogen-bond acceptors (Lipinski definition) is 6. The second-order valence-electron chi connectivity index (χ2n) is 14.1. The molecule has 0 amide bonds. The number of aromatic nitrogens is 3. The molecule has 0 fully saturated rings. The molecule has 0 unspecified atom stereocenters. The van der Waals surface area contributed by atoms with Crippen molar-refractivity contribution in [3.8, 4) is 11.5 Å². The molecule has 6 aromatic carbocycles. The van der Waals surface area contributed by atoms with Crippen LogP contribution in [0.4, 0.5) is 22.7 Å². The number of hydrogen-bond donors (Lipinski definition) is 0. The maximum absolute atomic E-state index is 6.89. The number of para-hydroxylation sites is 4. The molecule has 53 heavy (non-hydrogen) atoms. The highest BCUT2D eigenvalue weighted by molar-refractivity contribution is 7.26. The molecule has 0 N–H and O–H groups in total. The van der Waals surface area contributed by atoms with Crippen molar-refractivity contribution in [2.24, 2.45) is 0 Å². The van der Waals surface area contributed by atoms with Crippen molar-refractivity contribution in [3.05, 3.63) is 150 Å². The van der Waals surface area contributed by atoms with Crippen molar-refractivity contribution < 1.29 is 4.74 Å². The Kier molecular flexibility index (Phi) is 6.43. The van der Waals surface area contributed by atoms with Crippen molar-refractivity contribution >= 4 is 92.7 Å². The number of nitrogens with zero attached hydrogens (tertiary/aromatic N) is 5. The minimum Gasteiger partial charge on any atom is -0.457 e. The van der Waals surface area contributed by atoms with Gasteiger partial charge in [-0.3, -0.25) is 4.40 Å². The Labute approximate surface area is 309 Å². The van der Waals surface area contributed by atoms with Crippen molar-refractivity contribution in [1.29, 1.82) is 0 Å². The summed E-state index contributed by atoms with van der Waals surface area (Å²) in [5.41, 5.74) is 12.4. The lowest BCUT2D eigenvalue weighted by Gasteiger charge is -2.26. The van der Waals surface area contributed by atoms with E-state index < -0.39 is 0 Å². The summed E-state index contributed by atoms with van der Waals surface area (Å²) in [6.07, 6.45) is 1.85. The van der Waals surface area contributed by atoms with E-state index in [1.165, 1.54) is 53.9 Å². The molecule has 0 spiro atoms. The second kappa shape index (κ2) is 11.3. The minimum absolute atomic E-state index is 0.690. The average Bonchev–Trinajstić information content (AvgIpc) is 3.86. The van der Waals surface area contributed by atoms with E-state index in [4.69, 9.17) is 14.7 Å². The van der Waals surface area contributed by atoms with Crippen molar-refractivity contribution in [2.45, 2.75) is 20.8 Å².